The topological polar surface area (TPSA) is 116 Å². The number of carbonyl (C=O) groups excluding carboxylic acids is 4. The molecule has 64 heavy (non-hydrogen) atoms. The van der Waals surface area contributed by atoms with E-state index >= 15 is 0 Å². The van der Waals surface area contributed by atoms with Crippen molar-refractivity contribution in [3.8, 4) is 0 Å². The maximum absolute atomic E-state index is 14.7. The molecule has 4 amide bonds. The van der Waals surface area contributed by atoms with E-state index in [0.29, 0.717) is 25.4 Å². The lowest BCUT2D eigenvalue weighted by molar-refractivity contribution is -0.126. The molecule has 6 rings (SSSR count). The first kappa shape index (κ1) is 47.1. The van der Waals surface area contributed by atoms with Crippen LogP contribution >= 0.6 is 7.26 Å². The molecule has 0 unspecified atom stereocenters. The molecule has 0 fully saturated rings. The Bertz CT molecular complexity index is 2070. The van der Waals surface area contributed by atoms with E-state index in [1.54, 1.807) is 0 Å². The molecule has 0 atom stereocenters. The lowest BCUT2D eigenvalue weighted by Gasteiger charge is -2.36. The van der Waals surface area contributed by atoms with Crippen molar-refractivity contribution in [2.24, 2.45) is 0 Å². The van der Waals surface area contributed by atoms with Gasteiger partial charge in [-0.2, -0.15) is 0 Å². The molecule has 0 spiro atoms. The van der Waals surface area contributed by atoms with Gasteiger partial charge in [0.15, 0.2) is 0 Å². The minimum absolute atomic E-state index is 0.00778. The fraction of sp³-hybridized carbons (Fsp3) is 0.273. The van der Waals surface area contributed by atoms with Crippen LogP contribution in [0.25, 0.3) is 0 Å². The number of benzene rings is 6. The van der Waals surface area contributed by atoms with Crippen molar-refractivity contribution in [2.75, 3.05) is 25.8 Å². The van der Waals surface area contributed by atoms with Crippen molar-refractivity contribution in [3.63, 3.8) is 0 Å². The van der Waals surface area contributed by atoms with Crippen molar-refractivity contribution in [2.45, 2.75) is 69.7 Å². The summed E-state index contributed by atoms with van der Waals surface area (Å²) in [5.74, 6) is -0.734. The van der Waals surface area contributed by atoms with E-state index in [4.69, 9.17) is 0 Å². The lowest BCUT2D eigenvalue weighted by Crippen LogP contribution is -2.66. The molecule has 6 aromatic rings. The third kappa shape index (κ3) is 14.6. The number of hydrogen-bond donors (Lipinski definition) is 4. The first-order chi connectivity index (χ1) is 31.3. The van der Waals surface area contributed by atoms with Crippen molar-refractivity contribution in [1.29, 1.82) is 0 Å². The smallest absolute Gasteiger partial charge is 0.224 e. The molecule has 9 heteroatoms. The fourth-order valence-electron chi connectivity index (χ4n) is 8.19. The standard InChI is InChI=1S/C55H61N4O4P/c60-51(37-19-28-45-22-7-1-8-23-45)56-42-55(43-57-52(61)38-20-29-46-24-9-2-10-25-46,44-58-53(62)39-21-30-47-26-11-3-12-27-47)59-54(63)40-41-64(48-31-13-4-14-32-48,49-33-15-5-16-34-49)50-35-17-6-18-36-50/h1-18,22-27,31-36H,19-21,28-30,37-44H2,(H3-,56,57,58,59,60,61,62,63)/p+1. The first-order valence-electron chi connectivity index (χ1n) is 22.6. The molecule has 0 aliphatic rings. The van der Waals surface area contributed by atoms with Crippen LogP contribution < -0.4 is 37.2 Å². The SMILES string of the molecule is O=C(CCCc1ccccc1)NCC(CNC(=O)CCCc1ccccc1)(CNC(=O)CCCc1ccccc1)NC(=O)CC[P+](c1ccccc1)(c1ccccc1)c1ccccc1. The van der Waals surface area contributed by atoms with E-state index in [1.807, 2.05) is 109 Å². The van der Waals surface area contributed by atoms with Crippen LogP contribution in [0.3, 0.4) is 0 Å². The van der Waals surface area contributed by atoms with Gasteiger partial charge in [0.1, 0.15) is 23.2 Å². The van der Waals surface area contributed by atoms with Crippen LogP contribution in [0.4, 0.5) is 0 Å². The highest BCUT2D eigenvalue weighted by molar-refractivity contribution is 7.95. The van der Waals surface area contributed by atoms with Gasteiger partial charge in [0.25, 0.3) is 0 Å². The highest BCUT2D eigenvalue weighted by atomic mass is 31.2. The second-order valence-corrected chi connectivity index (χ2v) is 20.1. The minimum Gasteiger partial charge on any atom is -0.354 e. The van der Waals surface area contributed by atoms with Crippen molar-refractivity contribution < 1.29 is 19.2 Å². The predicted molar refractivity (Wildman–Crippen MR) is 263 cm³/mol. The molecule has 0 radical (unpaired) electrons. The van der Waals surface area contributed by atoms with E-state index in [1.165, 1.54) is 15.9 Å². The Morgan fingerprint density at radius 3 is 0.938 bits per heavy atom. The highest BCUT2D eigenvalue weighted by Gasteiger charge is 2.46. The first-order valence-corrected chi connectivity index (χ1v) is 24.6. The van der Waals surface area contributed by atoms with Crippen LogP contribution in [0.15, 0.2) is 182 Å². The van der Waals surface area contributed by atoms with E-state index in [9.17, 15) is 19.2 Å². The molecule has 0 bridgehead atoms. The molecule has 0 aromatic heterocycles. The maximum Gasteiger partial charge on any atom is 0.224 e. The van der Waals surface area contributed by atoms with Crippen LogP contribution in [0.5, 0.6) is 0 Å². The highest BCUT2D eigenvalue weighted by Crippen LogP contribution is 2.55. The molecule has 0 saturated heterocycles. The van der Waals surface area contributed by atoms with Crippen LogP contribution in [0.2, 0.25) is 0 Å². The van der Waals surface area contributed by atoms with Gasteiger partial charge in [-0.05, 0) is 91.6 Å². The summed E-state index contributed by atoms with van der Waals surface area (Å²) in [5.41, 5.74) is 2.23. The molecule has 6 aromatic carbocycles. The van der Waals surface area contributed by atoms with Gasteiger partial charge in [-0.3, -0.25) is 19.2 Å². The molecule has 8 nitrogen and oxygen atoms in total. The Hall–Kier alpha value is -6.37. The Balaban J connectivity index is 1.24. The zero-order chi connectivity index (χ0) is 44.7. The average molecular weight is 874 g/mol. The predicted octanol–water partition coefficient (Wildman–Crippen LogP) is 7.64. The van der Waals surface area contributed by atoms with Crippen LogP contribution in [0, 0.1) is 0 Å². The summed E-state index contributed by atoms with van der Waals surface area (Å²) in [6.45, 7) is 0.0233. The Morgan fingerprint density at radius 2 is 0.641 bits per heavy atom. The monoisotopic (exact) mass is 873 g/mol. The number of hydrogen-bond acceptors (Lipinski definition) is 4. The minimum atomic E-state index is -2.35. The van der Waals surface area contributed by atoms with Crippen molar-refractivity contribution in [1.82, 2.24) is 21.3 Å². The van der Waals surface area contributed by atoms with Gasteiger partial charge in [0.2, 0.25) is 23.6 Å². The normalized spacial score (nSPS) is 11.3. The summed E-state index contributed by atoms with van der Waals surface area (Å²) in [4.78, 5) is 55.3. The van der Waals surface area contributed by atoms with E-state index in [0.717, 1.165) is 36.0 Å². The number of carbonyl (C=O) groups is 4. The Morgan fingerprint density at radius 1 is 0.359 bits per heavy atom. The Kier molecular flexibility index (Phi) is 18.4. The van der Waals surface area contributed by atoms with Gasteiger partial charge >= 0.3 is 0 Å². The van der Waals surface area contributed by atoms with Gasteiger partial charge < -0.3 is 21.3 Å². The van der Waals surface area contributed by atoms with E-state index in [2.05, 4.69) is 94.1 Å². The molecule has 0 aliphatic carbocycles. The van der Waals surface area contributed by atoms with Crippen molar-refractivity contribution >= 4 is 46.8 Å². The van der Waals surface area contributed by atoms with Gasteiger partial charge in [0, 0.05) is 38.9 Å². The number of rotatable bonds is 25. The number of amides is 4. The van der Waals surface area contributed by atoms with E-state index in [-0.39, 0.29) is 68.9 Å². The molecule has 4 N–H and O–H groups in total. The molecular formula is C55H62N4O4P+. The zero-order valence-electron chi connectivity index (χ0n) is 36.8. The average Bonchev–Trinajstić information content (AvgIpc) is 3.34. The van der Waals surface area contributed by atoms with E-state index < -0.39 is 12.8 Å². The molecule has 0 saturated carbocycles. The quantitative estimate of drug-likeness (QED) is 0.0443. The summed E-state index contributed by atoms with van der Waals surface area (Å²) < 4.78 is 0. The maximum atomic E-state index is 14.7. The summed E-state index contributed by atoms with van der Waals surface area (Å²) >= 11 is 0. The summed E-state index contributed by atoms with van der Waals surface area (Å²) in [7, 11) is -2.35. The lowest BCUT2D eigenvalue weighted by atomic mass is 9.97. The largest absolute Gasteiger partial charge is 0.354 e. The second kappa shape index (κ2) is 25.1. The number of nitrogens with one attached hydrogen (secondary N) is 4. The third-order valence-electron chi connectivity index (χ3n) is 11.7. The molecule has 0 heterocycles. The van der Waals surface area contributed by atoms with Gasteiger partial charge in [-0.25, -0.2) is 0 Å². The van der Waals surface area contributed by atoms with Crippen LogP contribution in [0.1, 0.15) is 61.6 Å². The molecular weight excluding hydrogens is 812 g/mol. The number of aryl methyl sites for hydroxylation is 3. The summed E-state index contributed by atoms with van der Waals surface area (Å²) in [5, 5.41) is 16.1. The summed E-state index contributed by atoms with van der Waals surface area (Å²) in [6.07, 6.45) is 5.77. The molecule has 0 aliphatic heterocycles. The fourth-order valence-corrected chi connectivity index (χ4v) is 12.4. The zero-order valence-corrected chi connectivity index (χ0v) is 37.7. The van der Waals surface area contributed by atoms with Gasteiger partial charge in [-0.1, -0.05) is 146 Å². The second-order valence-electron chi connectivity index (χ2n) is 16.5. The Labute approximate surface area is 380 Å². The summed E-state index contributed by atoms with van der Waals surface area (Å²) in [6, 6.07) is 61.4. The van der Waals surface area contributed by atoms with Crippen LogP contribution in [-0.4, -0.2) is 55.0 Å². The van der Waals surface area contributed by atoms with Gasteiger partial charge in [0.05, 0.1) is 18.1 Å². The third-order valence-corrected chi connectivity index (χ3v) is 16.1. The van der Waals surface area contributed by atoms with Crippen molar-refractivity contribution in [3.05, 3.63) is 199 Å². The van der Waals surface area contributed by atoms with Crippen LogP contribution in [-0.2, 0) is 38.4 Å². The van der Waals surface area contributed by atoms with Gasteiger partial charge in [-0.15, -0.1) is 0 Å². The molecule has 330 valence electrons.